The first-order chi connectivity index (χ1) is 13.0. The number of hydrogen-bond donors (Lipinski definition) is 0. The number of anilines is 1. The molecule has 2 heterocycles. The zero-order chi connectivity index (χ0) is 18.6. The van der Waals surface area contributed by atoms with E-state index in [9.17, 15) is 9.18 Å². The van der Waals surface area contributed by atoms with E-state index in [2.05, 4.69) is 22.0 Å². The van der Waals surface area contributed by atoms with Crippen LogP contribution in [0.1, 0.15) is 38.2 Å². The van der Waals surface area contributed by atoms with Crippen molar-refractivity contribution in [2.45, 2.75) is 38.0 Å². The van der Waals surface area contributed by atoms with Crippen molar-refractivity contribution in [1.29, 1.82) is 0 Å². The van der Waals surface area contributed by atoms with E-state index >= 15 is 0 Å². The Morgan fingerprint density at radius 1 is 1.22 bits per heavy atom. The molecule has 2 aliphatic carbocycles. The molecule has 0 N–H and O–H groups in total. The summed E-state index contributed by atoms with van der Waals surface area (Å²) in [5.74, 6) is 2.48. The normalized spacial score (nSPS) is 31.0. The van der Waals surface area contributed by atoms with E-state index in [1.165, 1.54) is 25.5 Å². The van der Waals surface area contributed by atoms with Crippen molar-refractivity contribution < 1.29 is 9.18 Å². The van der Waals surface area contributed by atoms with Gasteiger partial charge in [-0.3, -0.25) is 4.79 Å². The third kappa shape index (κ3) is 3.02. The molecule has 4 heteroatoms. The van der Waals surface area contributed by atoms with E-state index in [0.29, 0.717) is 6.54 Å². The van der Waals surface area contributed by atoms with Gasteiger partial charge in [0, 0.05) is 24.2 Å². The van der Waals surface area contributed by atoms with E-state index < -0.39 is 0 Å². The van der Waals surface area contributed by atoms with Gasteiger partial charge in [0.1, 0.15) is 11.6 Å². The Labute approximate surface area is 161 Å². The van der Waals surface area contributed by atoms with Gasteiger partial charge in [-0.1, -0.05) is 12.2 Å². The quantitative estimate of drug-likeness (QED) is 0.756. The molecule has 0 aromatic heterocycles. The minimum atomic E-state index is -0.158. The van der Waals surface area contributed by atoms with Crippen molar-refractivity contribution in [3.8, 4) is 0 Å². The Hall–Kier alpha value is -1.68. The van der Waals surface area contributed by atoms with Gasteiger partial charge in [0.05, 0.1) is 6.54 Å². The topological polar surface area (TPSA) is 23.6 Å². The summed E-state index contributed by atoms with van der Waals surface area (Å²) >= 11 is 0. The Morgan fingerprint density at radius 3 is 2.70 bits per heavy atom. The minimum absolute atomic E-state index is 0.0119. The Kier molecular flexibility index (Phi) is 4.15. The predicted molar refractivity (Wildman–Crippen MR) is 105 cm³/mol. The van der Waals surface area contributed by atoms with Gasteiger partial charge in [-0.05, 0) is 87.2 Å². The van der Waals surface area contributed by atoms with Crippen molar-refractivity contribution in [1.82, 2.24) is 4.90 Å². The molecular formula is C23H29FN2O. The van der Waals surface area contributed by atoms with Crippen LogP contribution in [0.4, 0.5) is 10.1 Å². The molecule has 5 rings (SSSR count). The number of halogens is 1. The summed E-state index contributed by atoms with van der Waals surface area (Å²) in [5.41, 5.74) is 2.21. The molecule has 27 heavy (non-hydrogen) atoms. The molecule has 1 aromatic rings. The van der Waals surface area contributed by atoms with E-state index in [0.717, 1.165) is 61.5 Å². The fraction of sp³-hybridized carbons (Fsp3) is 0.609. The summed E-state index contributed by atoms with van der Waals surface area (Å²) in [6.07, 6.45) is 9.72. The molecule has 3 nitrogen and oxygen atoms in total. The number of ketones is 1. The lowest BCUT2D eigenvalue weighted by atomic mass is 9.74. The highest BCUT2D eigenvalue weighted by Crippen LogP contribution is 2.48. The molecule has 1 saturated heterocycles. The summed E-state index contributed by atoms with van der Waals surface area (Å²) in [6, 6.07) is 5.13. The third-order valence-electron chi connectivity index (χ3n) is 7.50. The molecule has 1 saturated carbocycles. The molecule has 3 atom stereocenters. The Balaban J connectivity index is 1.30. The summed E-state index contributed by atoms with van der Waals surface area (Å²) < 4.78 is 14.0. The molecule has 1 spiro atoms. The standard InChI is InChI=1S/C23H29FN2O/c1-16(27)13-26-15-23(21-12-20(24)4-5-22(21)26)6-8-25(9-7-23)14-19-11-17-2-3-18(19)10-17/h2-5,12,17-19H,6-11,13-15H2,1H3/t17-,18+,19+/m0/s1. The molecule has 144 valence electrons. The number of allylic oxidation sites excluding steroid dienone is 2. The van der Waals surface area contributed by atoms with Crippen molar-refractivity contribution in [3.63, 3.8) is 0 Å². The van der Waals surface area contributed by atoms with Gasteiger partial charge in [-0.25, -0.2) is 4.39 Å². The smallest absolute Gasteiger partial charge is 0.149 e. The van der Waals surface area contributed by atoms with Crippen LogP contribution in [0.3, 0.4) is 0 Å². The number of piperidine rings is 1. The molecule has 2 aliphatic heterocycles. The van der Waals surface area contributed by atoms with Gasteiger partial charge in [0.15, 0.2) is 0 Å². The van der Waals surface area contributed by atoms with E-state index in [-0.39, 0.29) is 17.0 Å². The van der Waals surface area contributed by atoms with Crippen LogP contribution in [-0.4, -0.2) is 43.4 Å². The predicted octanol–water partition coefficient (Wildman–Crippen LogP) is 3.78. The molecule has 2 bridgehead atoms. The van der Waals surface area contributed by atoms with E-state index in [4.69, 9.17) is 0 Å². The van der Waals surface area contributed by atoms with Crippen molar-refractivity contribution in [2.24, 2.45) is 17.8 Å². The van der Waals surface area contributed by atoms with Crippen LogP contribution < -0.4 is 4.90 Å². The number of likely N-dealkylation sites (tertiary alicyclic amines) is 1. The highest BCUT2D eigenvalue weighted by atomic mass is 19.1. The minimum Gasteiger partial charge on any atom is -0.363 e. The van der Waals surface area contributed by atoms with Gasteiger partial charge < -0.3 is 9.80 Å². The van der Waals surface area contributed by atoms with Crippen LogP contribution in [0.15, 0.2) is 30.4 Å². The number of nitrogens with zero attached hydrogens (tertiary/aromatic N) is 2. The van der Waals surface area contributed by atoms with Crippen LogP contribution in [0.25, 0.3) is 0 Å². The lowest BCUT2D eigenvalue weighted by molar-refractivity contribution is -0.115. The summed E-state index contributed by atoms with van der Waals surface area (Å²) in [5, 5.41) is 0. The first-order valence-electron chi connectivity index (χ1n) is 10.5. The monoisotopic (exact) mass is 368 g/mol. The SMILES string of the molecule is CC(=O)CN1CC2(CCN(C[C@H]3C[C@H]4C=C[C@@H]3C4)CC2)c2cc(F)ccc21. The largest absolute Gasteiger partial charge is 0.363 e. The zero-order valence-corrected chi connectivity index (χ0v) is 16.2. The molecule has 1 aromatic carbocycles. The van der Waals surface area contributed by atoms with Crippen LogP contribution in [0, 0.1) is 23.6 Å². The van der Waals surface area contributed by atoms with Crippen molar-refractivity contribution in [3.05, 3.63) is 41.7 Å². The lowest BCUT2D eigenvalue weighted by Crippen LogP contribution is -2.47. The van der Waals surface area contributed by atoms with Gasteiger partial charge in [-0.2, -0.15) is 0 Å². The molecular weight excluding hydrogens is 339 g/mol. The maximum absolute atomic E-state index is 14.0. The second-order valence-electron chi connectivity index (χ2n) is 9.34. The Bertz CT molecular complexity index is 781. The molecule has 4 aliphatic rings. The van der Waals surface area contributed by atoms with Crippen LogP contribution in [0.5, 0.6) is 0 Å². The number of carbonyl (C=O) groups excluding carboxylic acids is 1. The van der Waals surface area contributed by atoms with Crippen molar-refractivity contribution >= 4 is 11.5 Å². The fourth-order valence-electron chi connectivity index (χ4n) is 6.18. The first-order valence-corrected chi connectivity index (χ1v) is 10.5. The van der Waals surface area contributed by atoms with Crippen LogP contribution in [-0.2, 0) is 10.2 Å². The number of hydrogen-bond acceptors (Lipinski definition) is 3. The maximum Gasteiger partial charge on any atom is 0.149 e. The van der Waals surface area contributed by atoms with Gasteiger partial charge in [0.25, 0.3) is 0 Å². The molecule has 0 unspecified atom stereocenters. The van der Waals surface area contributed by atoms with Gasteiger partial charge in [-0.15, -0.1) is 0 Å². The average Bonchev–Trinajstić information content (AvgIpc) is 3.31. The van der Waals surface area contributed by atoms with Gasteiger partial charge in [0.2, 0.25) is 0 Å². The number of fused-ring (bicyclic) bond motifs is 4. The fourth-order valence-corrected chi connectivity index (χ4v) is 6.18. The van der Waals surface area contributed by atoms with Crippen LogP contribution in [0.2, 0.25) is 0 Å². The zero-order valence-electron chi connectivity index (χ0n) is 16.2. The highest BCUT2D eigenvalue weighted by Gasteiger charge is 2.45. The summed E-state index contributed by atoms with van der Waals surface area (Å²) in [6.45, 7) is 6.32. The number of benzene rings is 1. The van der Waals surface area contributed by atoms with Crippen LogP contribution >= 0.6 is 0 Å². The molecule has 0 radical (unpaired) electrons. The lowest BCUT2D eigenvalue weighted by Gasteiger charge is -2.41. The highest BCUT2D eigenvalue weighted by molar-refractivity contribution is 5.82. The van der Waals surface area contributed by atoms with E-state index in [1.54, 1.807) is 13.0 Å². The number of rotatable bonds is 4. The number of carbonyl (C=O) groups is 1. The number of Topliss-reactive ketones (excluding diaryl/α,β-unsaturated/α-hetero) is 1. The second-order valence-corrected chi connectivity index (χ2v) is 9.34. The summed E-state index contributed by atoms with van der Waals surface area (Å²) in [4.78, 5) is 16.5. The Morgan fingerprint density at radius 2 is 2.04 bits per heavy atom. The average molecular weight is 368 g/mol. The second kappa shape index (κ2) is 6.44. The summed E-state index contributed by atoms with van der Waals surface area (Å²) in [7, 11) is 0. The molecule has 2 fully saturated rings. The first kappa shape index (κ1) is 17.4. The molecule has 0 amide bonds. The van der Waals surface area contributed by atoms with E-state index in [1.807, 2.05) is 6.07 Å². The van der Waals surface area contributed by atoms with Crippen molar-refractivity contribution in [2.75, 3.05) is 37.6 Å². The van der Waals surface area contributed by atoms with Gasteiger partial charge >= 0.3 is 0 Å². The third-order valence-corrected chi connectivity index (χ3v) is 7.50. The maximum atomic E-state index is 14.0.